The van der Waals surface area contributed by atoms with E-state index in [2.05, 4.69) is 26.4 Å². The summed E-state index contributed by atoms with van der Waals surface area (Å²) in [5.74, 6) is -2.63. The molecule has 0 aliphatic carbocycles. The number of carbonyl (C=O) groups excluding carboxylic acids is 7. The molecule has 87 heavy (non-hydrogen) atoms. The molecule has 19 heteroatoms. The van der Waals surface area contributed by atoms with Crippen LogP contribution in [-0.2, 0) is 57.7 Å². The number of likely N-dealkylation sites (tertiary alicyclic amines) is 1. The standard InChI is InChI=1S/C68H89N7O12/c1-13-68(9,10)61(79)64(82)75-37-20-18-27-53(75)65(83)87-55(34-30-46-31-35-56(84-11)57(39-46)85-12)49-24-21-25-50(40-49)86-43-58(78)72-59(66(3,4)5)62(80)71-52(38-45-22-15-14-16-23-45)54(77)42-74(73-63(81)60(67(6,7)8)70-44(2)76)41-47-28-32-48(33-29-47)51-26-17-19-36-69-51/h14-17,19,21-26,28-29,31-33,35-36,39-40,52-55,59-60,77H,13,18,20,27,30,34,37-38,41-43H2,1-12H3,(H,70,76)(H,71,80)(H,72,78)(H,73,81)/t52-,53-,54-,55+,59+,60+/m0/s1. The summed E-state index contributed by atoms with van der Waals surface area (Å²) in [6, 6.07) is 30.9. The molecule has 6 atom stereocenters. The number of hydrazine groups is 1. The average molecular weight is 1200 g/mol. The number of rotatable bonds is 28. The number of benzene rings is 4. The fraction of sp³-hybridized carbons (Fsp3) is 0.471. The Kier molecular flexibility index (Phi) is 24.2. The van der Waals surface area contributed by atoms with Crippen molar-refractivity contribution < 1.29 is 57.6 Å². The first-order chi connectivity index (χ1) is 41.2. The Morgan fingerprint density at radius 1 is 0.724 bits per heavy atom. The normalized spacial score (nSPS) is 15.4. The number of methoxy groups -OCH3 is 2. The summed E-state index contributed by atoms with van der Waals surface area (Å²) in [6.07, 6.45) is 2.51. The van der Waals surface area contributed by atoms with Gasteiger partial charge in [-0.3, -0.25) is 39.2 Å². The van der Waals surface area contributed by atoms with Crippen LogP contribution in [0, 0.1) is 16.2 Å². The Balaban J connectivity index is 1.21. The number of amides is 5. The number of nitrogens with one attached hydrogen (secondary N) is 4. The van der Waals surface area contributed by atoms with Gasteiger partial charge >= 0.3 is 5.97 Å². The molecule has 0 spiro atoms. The lowest BCUT2D eigenvalue weighted by atomic mass is 9.84. The predicted molar refractivity (Wildman–Crippen MR) is 332 cm³/mol. The predicted octanol–water partition coefficient (Wildman–Crippen LogP) is 8.45. The Morgan fingerprint density at radius 3 is 2.02 bits per heavy atom. The lowest BCUT2D eigenvalue weighted by Crippen LogP contribution is -2.61. The summed E-state index contributed by atoms with van der Waals surface area (Å²) in [5, 5.41) is 22.6. The Hall–Kier alpha value is -8.16. The highest BCUT2D eigenvalue weighted by molar-refractivity contribution is 6.38. The molecule has 1 aliphatic rings. The van der Waals surface area contributed by atoms with Crippen LogP contribution < -0.4 is 35.6 Å². The molecule has 1 saturated heterocycles. The van der Waals surface area contributed by atoms with Gasteiger partial charge < -0.3 is 44.9 Å². The van der Waals surface area contributed by atoms with Crippen LogP contribution in [0.2, 0.25) is 0 Å². The largest absolute Gasteiger partial charge is 0.493 e. The molecule has 5 amide bonds. The second-order valence-corrected chi connectivity index (χ2v) is 25.1. The molecule has 2 heterocycles. The Bertz CT molecular complexity index is 3130. The number of aromatic nitrogens is 1. The van der Waals surface area contributed by atoms with E-state index < -0.39 is 94.6 Å². The maximum Gasteiger partial charge on any atom is 0.329 e. The van der Waals surface area contributed by atoms with Gasteiger partial charge in [-0.25, -0.2) is 9.80 Å². The molecule has 468 valence electrons. The highest BCUT2D eigenvalue weighted by atomic mass is 16.5. The van der Waals surface area contributed by atoms with Crippen LogP contribution >= 0.6 is 0 Å². The number of hydrogen-bond donors (Lipinski definition) is 5. The molecule has 4 aromatic carbocycles. The number of carbonyl (C=O) groups is 7. The van der Waals surface area contributed by atoms with Gasteiger partial charge in [-0.1, -0.05) is 141 Å². The number of Topliss-reactive ketones (excluding diaryl/α,β-unsaturated/α-hetero) is 1. The van der Waals surface area contributed by atoms with E-state index in [1.165, 1.54) is 11.8 Å². The Morgan fingerprint density at radius 2 is 1.39 bits per heavy atom. The Labute approximate surface area is 512 Å². The summed E-state index contributed by atoms with van der Waals surface area (Å²) in [7, 11) is 3.09. The molecule has 0 bridgehead atoms. The van der Waals surface area contributed by atoms with Crippen molar-refractivity contribution in [1.82, 2.24) is 36.3 Å². The van der Waals surface area contributed by atoms with Crippen molar-refractivity contribution >= 4 is 41.3 Å². The highest BCUT2D eigenvalue weighted by Gasteiger charge is 2.42. The number of piperidine rings is 1. The van der Waals surface area contributed by atoms with Gasteiger partial charge in [0, 0.05) is 43.7 Å². The van der Waals surface area contributed by atoms with Crippen molar-refractivity contribution in [3.63, 3.8) is 0 Å². The molecule has 0 radical (unpaired) electrons. The van der Waals surface area contributed by atoms with Crippen LogP contribution in [0.15, 0.2) is 121 Å². The number of ether oxygens (including phenoxy) is 4. The zero-order chi connectivity index (χ0) is 63.6. The number of pyridine rings is 1. The van der Waals surface area contributed by atoms with Crippen molar-refractivity contribution in [3.8, 4) is 28.5 Å². The van der Waals surface area contributed by atoms with Gasteiger partial charge in [-0.05, 0) is 114 Å². The van der Waals surface area contributed by atoms with Crippen molar-refractivity contribution in [2.75, 3.05) is 33.9 Å². The maximum atomic E-state index is 14.7. The number of aliphatic hydroxyl groups excluding tert-OH is 1. The van der Waals surface area contributed by atoms with Crippen molar-refractivity contribution in [2.24, 2.45) is 16.2 Å². The molecule has 1 fully saturated rings. The summed E-state index contributed by atoms with van der Waals surface area (Å²) >= 11 is 0. The van der Waals surface area contributed by atoms with Crippen LogP contribution in [0.5, 0.6) is 17.2 Å². The van der Waals surface area contributed by atoms with Gasteiger partial charge in [-0.2, -0.15) is 0 Å². The first-order valence-electron chi connectivity index (χ1n) is 29.8. The molecular formula is C68H89N7O12. The number of nitrogens with zero attached hydrogens (tertiary/aromatic N) is 3. The van der Waals surface area contributed by atoms with Crippen molar-refractivity contribution in [2.45, 2.75) is 157 Å². The van der Waals surface area contributed by atoms with E-state index in [0.717, 1.165) is 27.9 Å². The fourth-order valence-corrected chi connectivity index (χ4v) is 10.2. The van der Waals surface area contributed by atoms with Gasteiger partial charge in [0.25, 0.3) is 17.7 Å². The lowest BCUT2D eigenvalue weighted by molar-refractivity contribution is -0.164. The van der Waals surface area contributed by atoms with E-state index in [4.69, 9.17) is 18.9 Å². The molecule has 1 aliphatic heterocycles. The number of hydrogen-bond acceptors (Lipinski definition) is 14. The van der Waals surface area contributed by atoms with Crippen LogP contribution in [-0.4, -0.2) is 125 Å². The monoisotopic (exact) mass is 1200 g/mol. The number of aliphatic hydroxyl groups is 1. The minimum atomic E-state index is -1.31. The summed E-state index contributed by atoms with van der Waals surface area (Å²) in [6.45, 7) is 17.2. The second kappa shape index (κ2) is 31.0. The van der Waals surface area contributed by atoms with Crippen molar-refractivity contribution in [1.29, 1.82) is 0 Å². The summed E-state index contributed by atoms with van der Waals surface area (Å²) in [5.41, 5.74) is 5.19. The van der Waals surface area contributed by atoms with E-state index in [0.29, 0.717) is 55.6 Å². The molecule has 1 aromatic heterocycles. The quantitative estimate of drug-likeness (QED) is 0.0179. The molecular weight excluding hydrogens is 1110 g/mol. The minimum absolute atomic E-state index is 0.130. The van der Waals surface area contributed by atoms with Crippen LogP contribution in [0.25, 0.3) is 11.3 Å². The van der Waals surface area contributed by atoms with Crippen LogP contribution in [0.4, 0.5) is 0 Å². The van der Waals surface area contributed by atoms with Gasteiger partial charge in [0.15, 0.2) is 18.1 Å². The van der Waals surface area contributed by atoms with Gasteiger partial charge in [0.1, 0.15) is 30.0 Å². The molecule has 0 unspecified atom stereocenters. The lowest BCUT2D eigenvalue weighted by Gasteiger charge is -2.36. The first kappa shape index (κ1) is 68.0. The highest BCUT2D eigenvalue weighted by Crippen LogP contribution is 2.33. The topological polar surface area (TPSA) is 244 Å². The third kappa shape index (κ3) is 19.7. The average Bonchev–Trinajstić information content (AvgIpc) is 2.62. The first-order valence-corrected chi connectivity index (χ1v) is 29.8. The van der Waals surface area contributed by atoms with E-state index in [-0.39, 0.29) is 37.7 Å². The SMILES string of the molecule is CCC(C)(C)C(=O)C(=O)N1CCCC[C@H]1C(=O)O[C@H](CCc1ccc(OC)c(OC)c1)c1cccc(OCC(=O)N[C@H](C(=O)N[C@@H](Cc2ccccc2)[C@@H](O)CN(Cc2ccc(-c3ccccn3)cc2)NC(=O)[C@@H](NC(C)=O)C(C)(C)C)C(C)(C)C)c1. The third-order valence-electron chi connectivity index (χ3n) is 15.7. The van der Waals surface area contributed by atoms with E-state index in [9.17, 15) is 38.7 Å². The molecule has 0 saturated carbocycles. The third-order valence-corrected chi connectivity index (χ3v) is 15.7. The van der Waals surface area contributed by atoms with E-state index in [1.807, 2.05) is 113 Å². The second-order valence-electron chi connectivity index (χ2n) is 25.1. The minimum Gasteiger partial charge on any atom is -0.493 e. The zero-order valence-electron chi connectivity index (χ0n) is 52.6. The maximum absolute atomic E-state index is 14.7. The number of esters is 1. The van der Waals surface area contributed by atoms with Gasteiger partial charge in [0.2, 0.25) is 17.6 Å². The number of aryl methyl sites for hydroxylation is 1. The van der Waals surface area contributed by atoms with Crippen molar-refractivity contribution in [3.05, 3.63) is 144 Å². The van der Waals surface area contributed by atoms with E-state index >= 15 is 0 Å². The van der Waals surface area contributed by atoms with Crippen LogP contribution in [0.1, 0.15) is 130 Å². The van der Waals surface area contributed by atoms with Crippen LogP contribution in [0.3, 0.4) is 0 Å². The summed E-state index contributed by atoms with van der Waals surface area (Å²) in [4.78, 5) is 103. The smallest absolute Gasteiger partial charge is 0.329 e. The molecule has 6 rings (SSSR count). The number of ketones is 1. The van der Waals surface area contributed by atoms with Gasteiger partial charge in [-0.15, -0.1) is 0 Å². The van der Waals surface area contributed by atoms with Gasteiger partial charge in [0.05, 0.1) is 32.1 Å². The summed E-state index contributed by atoms with van der Waals surface area (Å²) < 4.78 is 23.5. The molecule has 5 aromatic rings. The van der Waals surface area contributed by atoms with E-state index in [1.54, 1.807) is 90.4 Å². The molecule has 19 nitrogen and oxygen atoms in total. The fourth-order valence-electron chi connectivity index (χ4n) is 10.2. The zero-order valence-corrected chi connectivity index (χ0v) is 52.6. The molecule has 5 N–H and O–H groups in total.